The molecule has 0 bridgehead atoms. The Morgan fingerprint density at radius 2 is 1.76 bits per heavy atom. The molecule has 0 saturated carbocycles. The molecule has 152 valence electrons. The smallest absolute Gasteiger partial charge is 0.257 e. The van der Waals surface area contributed by atoms with Crippen LogP contribution in [0.1, 0.15) is 23.9 Å². The van der Waals surface area contributed by atoms with Crippen molar-refractivity contribution in [1.82, 2.24) is 20.8 Å². The van der Waals surface area contributed by atoms with Crippen LogP contribution in [0.5, 0.6) is 5.75 Å². The lowest BCUT2D eigenvalue weighted by molar-refractivity contribution is 0.414. The summed E-state index contributed by atoms with van der Waals surface area (Å²) < 4.78 is 10.5. The van der Waals surface area contributed by atoms with Gasteiger partial charge in [0.05, 0.1) is 7.11 Å². The number of aromatic nitrogens is 2. The third kappa shape index (κ3) is 5.81. The summed E-state index contributed by atoms with van der Waals surface area (Å²) in [6.45, 7) is 3.48. The van der Waals surface area contributed by atoms with Crippen LogP contribution in [0.15, 0.2) is 58.0 Å². The molecule has 29 heavy (non-hydrogen) atoms. The number of aliphatic imine (C=N–C) groups is 1. The summed E-state index contributed by atoms with van der Waals surface area (Å²) in [5.74, 6) is 2.92. The molecule has 0 unspecified atom stereocenters. The van der Waals surface area contributed by atoms with Gasteiger partial charge in [-0.15, -0.1) is 0 Å². The van der Waals surface area contributed by atoms with Gasteiger partial charge in [0.1, 0.15) is 5.75 Å². The number of guanidine groups is 1. The van der Waals surface area contributed by atoms with Gasteiger partial charge in [0.2, 0.25) is 0 Å². The second kappa shape index (κ2) is 10.3. The Hall–Kier alpha value is -3.35. The predicted molar refractivity (Wildman–Crippen MR) is 114 cm³/mol. The van der Waals surface area contributed by atoms with E-state index in [1.165, 1.54) is 5.56 Å². The van der Waals surface area contributed by atoms with Gasteiger partial charge in [-0.05, 0) is 41.8 Å². The third-order valence-corrected chi connectivity index (χ3v) is 4.53. The maximum Gasteiger partial charge on any atom is 0.257 e. The Kier molecular flexibility index (Phi) is 7.22. The zero-order valence-electron chi connectivity index (χ0n) is 17.1. The Morgan fingerprint density at radius 3 is 2.38 bits per heavy atom. The van der Waals surface area contributed by atoms with Crippen LogP contribution in [-0.4, -0.2) is 36.8 Å². The zero-order valence-corrected chi connectivity index (χ0v) is 17.1. The van der Waals surface area contributed by atoms with Crippen molar-refractivity contribution in [2.45, 2.75) is 26.3 Å². The summed E-state index contributed by atoms with van der Waals surface area (Å²) in [4.78, 5) is 8.63. The van der Waals surface area contributed by atoms with Gasteiger partial charge in [0.15, 0.2) is 11.8 Å². The molecule has 0 amide bonds. The highest BCUT2D eigenvalue weighted by molar-refractivity contribution is 5.79. The van der Waals surface area contributed by atoms with Crippen molar-refractivity contribution in [3.05, 3.63) is 65.5 Å². The van der Waals surface area contributed by atoms with Crippen molar-refractivity contribution in [1.29, 1.82) is 0 Å². The van der Waals surface area contributed by atoms with E-state index in [4.69, 9.17) is 9.26 Å². The lowest BCUT2D eigenvalue weighted by atomic mass is 10.1. The third-order valence-electron chi connectivity index (χ3n) is 4.53. The van der Waals surface area contributed by atoms with Gasteiger partial charge < -0.3 is 19.9 Å². The molecule has 3 aromatic rings. The Balaban J connectivity index is 1.45. The molecule has 7 heteroatoms. The lowest BCUT2D eigenvalue weighted by Crippen LogP contribution is -2.37. The quantitative estimate of drug-likeness (QED) is 0.452. The second-order valence-corrected chi connectivity index (χ2v) is 6.52. The van der Waals surface area contributed by atoms with E-state index in [1.807, 2.05) is 43.3 Å². The van der Waals surface area contributed by atoms with E-state index in [0.29, 0.717) is 12.4 Å². The minimum absolute atomic E-state index is 0.564. The maximum atomic E-state index is 5.28. The molecule has 0 spiro atoms. The molecule has 3 rings (SSSR count). The van der Waals surface area contributed by atoms with Crippen molar-refractivity contribution in [3.8, 4) is 17.2 Å². The highest BCUT2D eigenvalue weighted by Crippen LogP contribution is 2.18. The number of ether oxygens (including phenoxy) is 1. The number of nitrogens with zero attached hydrogens (tertiary/aromatic N) is 3. The Labute approximate surface area is 171 Å². The first-order valence-corrected chi connectivity index (χ1v) is 9.71. The van der Waals surface area contributed by atoms with E-state index in [1.54, 1.807) is 14.2 Å². The molecule has 0 fully saturated rings. The van der Waals surface area contributed by atoms with E-state index in [0.717, 1.165) is 48.0 Å². The number of methoxy groups -OCH3 is 1. The molecule has 1 aromatic heterocycles. The topological polar surface area (TPSA) is 84.6 Å². The summed E-state index contributed by atoms with van der Waals surface area (Å²) in [6.07, 6.45) is 1.65. The van der Waals surface area contributed by atoms with Crippen LogP contribution in [0.25, 0.3) is 11.5 Å². The molecule has 2 N–H and O–H groups in total. The first kappa shape index (κ1) is 20.4. The number of aryl methyl sites for hydroxylation is 1. The van der Waals surface area contributed by atoms with E-state index in [-0.39, 0.29) is 0 Å². The van der Waals surface area contributed by atoms with E-state index >= 15 is 0 Å². The number of hydrogen-bond donors (Lipinski definition) is 2. The standard InChI is InChI=1S/C22H27N5O2/c1-4-20-26-21(29-27-20)18-9-5-16(6-10-18)13-14-24-22(23-2)25-15-17-7-11-19(28-3)12-8-17/h5-12H,4,13-15H2,1-3H3,(H2,23,24,25). The Bertz CT molecular complexity index is 917. The Morgan fingerprint density at radius 1 is 1.03 bits per heavy atom. The second-order valence-electron chi connectivity index (χ2n) is 6.52. The van der Waals surface area contributed by atoms with Gasteiger partial charge in [-0.2, -0.15) is 4.98 Å². The highest BCUT2D eigenvalue weighted by Gasteiger charge is 2.07. The fourth-order valence-corrected chi connectivity index (χ4v) is 2.80. The zero-order chi connectivity index (χ0) is 20.5. The van der Waals surface area contributed by atoms with Crippen molar-refractivity contribution in [3.63, 3.8) is 0 Å². The number of benzene rings is 2. The summed E-state index contributed by atoms with van der Waals surface area (Å²) in [6, 6.07) is 16.2. The van der Waals surface area contributed by atoms with Gasteiger partial charge in [0, 0.05) is 32.1 Å². The summed E-state index contributed by atoms with van der Waals surface area (Å²) in [5.41, 5.74) is 3.32. The first-order valence-electron chi connectivity index (χ1n) is 9.71. The van der Waals surface area contributed by atoms with E-state index in [2.05, 4.69) is 37.9 Å². The van der Waals surface area contributed by atoms with E-state index < -0.39 is 0 Å². The molecule has 0 atom stereocenters. The van der Waals surface area contributed by atoms with Crippen molar-refractivity contribution < 1.29 is 9.26 Å². The summed E-state index contributed by atoms with van der Waals surface area (Å²) in [7, 11) is 3.44. The van der Waals surface area contributed by atoms with Crippen molar-refractivity contribution >= 4 is 5.96 Å². The minimum atomic E-state index is 0.564. The van der Waals surface area contributed by atoms with Gasteiger partial charge in [-0.1, -0.05) is 36.3 Å². The predicted octanol–water partition coefficient (Wildman–Crippen LogP) is 3.22. The van der Waals surface area contributed by atoms with Crippen LogP contribution in [0.2, 0.25) is 0 Å². The van der Waals surface area contributed by atoms with Crippen LogP contribution in [0.4, 0.5) is 0 Å². The average Bonchev–Trinajstić information content (AvgIpc) is 3.26. The number of hydrogen-bond acceptors (Lipinski definition) is 5. The summed E-state index contributed by atoms with van der Waals surface area (Å²) in [5, 5.41) is 10.6. The molecule has 0 aliphatic heterocycles. The van der Waals surface area contributed by atoms with Crippen LogP contribution in [0.3, 0.4) is 0 Å². The lowest BCUT2D eigenvalue weighted by Gasteiger charge is -2.12. The maximum absolute atomic E-state index is 5.28. The van der Waals surface area contributed by atoms with Gasteiger partial charge >= 0.3 is 0 Å². The number of rotatable bonds is 8. The molecular formula is C22H27N5O2. The molecule has 0 aliphatic carbocycles. The SMILES string of the molecule is CCc1noc(-c2ccc(CCNC(=NC)NCc3ccc(OC)cc3)cc2)n1. The van der Waals surface area contributed by atoms with Crippen molar-refractivity contribution in [2.75, 3.05) is 20.7 Å². The minimum Gasteiger partial charge on any atom is -0.497 e. The molecule has 7 nitrogen and oxygen atoms in total. The average molecular weight is 393 g/mol. The summed E-state index contributed by atoms with van der Waals surface area (Å²) >= 11 is 0. The fourth-order valence-electron chi connectivity index (χ4n) is 2.80. The monoisotopic (exact) mass is 393 g/mol. The van der Waals surface area contributed by atoms with Crippen molar-refractivity contribution in [2.24, 2.45) is 4.99 Å². The molecule has 0 saturated heterocycles. The van der Waals surface area contributed by atoms with Gasteiger partial charge in [-0.25, -0.2) is 0 Å². The van der Waals surface area contributed by atoms with Crippen LogP contribution in [0, 0.1) is 0 Å². The van der Waals surface area contributed by atoms with Crippen LogP contribution >= 0.6 is 0 Å². The molecular weight excluding hydrogens is 366 g/mol. The van der Waals surface area contributed by atoms with Crippen LogP contribution in [-0.2, 0) is 19.4 Å². The molecule has 0 radical (unpaired) electrons. The van der Waals surface area contributed by atoms with Crippen LogP contribution < -0.4 is 15.4 Å². The van der Waals surface area contributed by atoms with Gasteiger partial charge in [-0.3, -0.25) is 4.99 Å². The molecule has 0 aliphatic rings. The molecule has 1 heterocycles. The molecule has 2 aromatic carbocycles. The van der Waals surface area contributed by atoms with E-state index in [9.17, 15) is 0 Å². The fraction of sp³-hybridized carbons (Fsp3) is 0.318. The number of nitrogens with one attached hydrogen (secondary N) is 2. The van der Waals surface area contributed by atoms with Gasteiger partial charge in [0.25, 0.3) is 5.89 Å². The highest BCUT2D eigenvalue weighted by atomic mass is 16.5. The first-order chi connectivity index (χ1) is 14.2. The normalized spacial score (nSPS) is 11.3. The largest absolute Gasteiger partial charge is 0.497 e.